The number of rotatable bonds is 5. The fourth-order valence-electron chi connectivity index (χ4n) is 2.92. The van der Waals surface area contributed by atoms with E-state index in [1.165, 1.54) is 44.2 Å². The Balaban J connectivity index is 1.96. The third-order valence-corrected chi connectivity index (χ3v) is 4.23. The molecule has 0 radical (unpaired) electrons. The quantitative estimate of drug-likeness (QED) is 0.659. The van der Waals surface area contributed by atoms with E-state index in [9.17, 15) is 14.5 Å². The Kier molecular flexibility index (Phi) is 5.06. The Hall–Kier alpha value is -1.49. The Labute approximate surface area is 118 Å². The lowest BCUT2D eigenvalue weighted by molar-refractivity contribution is -0.387. The standard InChI is InChI=1S/C15H21FN2O2/c1-11(12-6-3-2-4-7-12)17-10-13-8-5-9-14(15(13)16)18(19)20/h5,8-9,11-12,17H,2-4,6-7,10H2,1H3/t11-/m0/s1. The number of halogens is 1. The third-order valence-electron chi connectivity index (χ3n) is 4.23. The average molecular weight is 280 g/mol. The SMILES string of the molecule is C[C@H](NCc1cccc([N+](=O)[O-])c1F)C1CCCCC1. The Morgan fingerprint density at radius 3 is 2.75 bits per heavy atom. The van der Waals surface area contributed by atoms with Crippen LogP contribution in [0.3, 0.4) is 0 Å². The summed E-state index contributed by atoms with van der Waals surface area (Å²) >= 11 is 0. The van der Waals surface area contributed by atoms with E-state index in [1.54, 1.807) is 6.07 Å². The number of nitro groups is 1. The number of hydrogen-bond acceptors (Lipinski definition) is 3. The first-order valence-electron chi connectivity index (χ1n) is 7.24. The van der Waals surface area contributed by atoms with Crippen LogP contribution in [-0.2, 0) is 6.54 Å². The molecule has 0 amide bonds. The van der Waals surface area contributed by atoms with Crippen molar-refractivity contribution in [2.24, 2.45) is 5.92 Å². The molecule has 1 aromatic carbocycles. The van der Waals surface area contributed by atoms with E-state index >= 15 is 0 Å². The monoisotopic (exact) mass is 280 g/mol. The first-order valence-corrected chi connectivity index (χ1v) is 7.24. The number of hydrogen-bond donors (Lipinski definition) is 1. The lowest BCUT2D eigenvalue weighted by atomic mass is 9.84. The number of nitro benzene ring substituents is 1. The fraction of sp³-hybridized carbons (Fsp3) is 0.600. The van der Waals surface area contributed by atoms with E-state index in [-0.39, 0.29) is 0 Å². The first kappa shape index (κ1) is 14.9. The van der Waals surface area contributed by atoms with Gasteiger partial charge < -0.3 is 5.32 Å². The molecule has 1 saturated carbocycles. The molecule has 1 aromatic rings. The average Bonchev–Trinajstić information content (AvgIpc) is 2.46. The highest BCUT2D eigenvalue weighted by atomic mass is 19.1. The molecule has 110 valence electrons. The van der Waals surface area contributed by atoms with Crippen LogP contribution >= 0.6 is 0 Å². The molecule has 0 saturated heterocycles. The molecule has 4 nitrogen and oxygen atoms in total. The Bertz CT molecular complexity index is 473. The molecular formula is C15H21FN2O2. The van der Waals surface area contributed by atoms with Crippen LogP contribution in [0, 0.1) is 21.8 Å². The summed E-state index contributed by atoms with van der Waals surface area (Å²) in [6, 6.07) is 4.64. The van der Waals surface area contributed by atoms with Gasteiger partial charge in [-0.25, -0.2) is 0 Å². The Morgan fingerprint density at radius 1 is 1.40 bits per heavy atom. The fourth-order valence-corrected chi connectivity index (χ4v) is 2.92. The number of nitrogens with one attached hydrogen (secondary N) is 1. The molecule has 20 heavy (non-hydrogen) atoms. The minimum atomic E-state index is -0.721. The maximum Gasteiger partial charge on any atom is 0.305 e. The van der Waals surface area contributed by atoms with Gasteiger partial charge in [-0.2, -0.15) is 4.39 Å². The zero-order chi connectivity index (χ0) is 14.5. The molecule has 1 atom stereocenters. The highest BCUT2D eigenvalue weighted by molar-refractivity contribution is 5.36. The summed E-state index contributed by atoms with van der Waals surface area (Å²) in [4.78, 5) is 10.0. The summed E-state index contributed by atoms with van der Waals surface area (Å²) in [5.74, 6) is -0.0913. The number of benzene rings is 1. The van der Waals surface area contributed by atoms with Crippen molar-refractivity contribution in [3.8, 4) is 0 Å². The smallest absolute Gasteiger partial charge is 0.305 e. The maximum absolute atomic E-state index is 13.9. The largest absolute Gasteiger partial charge is 0.310 e. The van der Waals surface area contributed by atoms with Gasteiger partial charge >= 0.3 is 5.69 Å². The van der Waals surface area contributed by atoms with Gasteiger partial charge in [0.05, 0.1) is 4.92 Å². The van der Waals surface area contributed by atoms with Gasteiger partial charge in [0.15, 0.2) is 0 Å². The predicted octanol–water partition coefficient (Wildman–Crippen LogP) is 3.79. The molecule has 0 aliphatic heterocycles. The second-order valence-electron chi connectivity index (χ2n) is 5.58. The molecule has 1 N–H and O–H groups in total. The second kappa shape index (κ2) is 6.79. The molecule has 1 aliphatic carbocycles. The molecular weight excluding hydrogens is 259 g/mol. The lowest BCUT2D eigenvalue weighted by Gasteiger charge is -2.28. The van der Waals surface area contributed by atoms with Crippen LogP contribution in [-0.4, -0.2) is 11.0 Å². The molecule has 5 heteroatoms. The number of nitrogens with zero attached hydrogens (tertiary/aromatic N) is 1. The molecule has 0 aromatic heterocycles. The van der Waals surface area contributed by atoms with Crippen molar-refractivity contribution in [1.82, 2.24) is 5.32 Å². The second-order valence-corrected chi connectivity index (χ2v) is 5.58. The molecule has 2 rings (SSSR count). The summed E-state index contributed by atoms with van der Waals surface area (Å²) in [6.07, 6.45) is 6.27. The minimum absolute atomic E-state index is 0.314. The van der Waals surface area contributed by atoms with Gasteiger partial charge in [-0.05, 0) is 25.7 Å². The first-order chi connectivity index (χ1) is 9.59. The topological polar surface area (TPSA) is 55.2 Å². The van der Waals surface area contributed by atoms with Crippen LogP contribution in [0.5, 0.6) is 0 Å². The highest BCUT2D eigenvalue weighted by Crippen LogP contribution is 2.27. The Morgan fingerprint density at radius 2 is 2.10 bits per heavy atom. The van der Waals surface area contributed by atoms with Gasteiger partial charge in [-0.15, -0.1) is 0 Å². The molecule has 1 aliphatic rings. The van der Waals surface area contributed by atoms with Gasteiger partial charge in [0.1, 0.15) is 0 Å². The van der Waals surface area contributed by atoms with E-state index < -0.39 is 16.4 Å². The van der Waals surface area contributed by atoms with E-state index in [4.69, 9.17) is 0 Å². The normalized spacial score (nSPS) is 17.9. The van der Waals surface area contributed by atoms with Crippen molar-refractivity contribution >= 4 is 5.69 Å². The van der Waals surface area contributed by atoms with Crippen LogP contribution in [0.15, 0.2) is 18.2 Å². The van der Waals surface area contributed by atoms with Crippen LogP contribution in [0.4, 0.5) is 10.1 Å². The summed E-state index contributed by atoms with van der Waals surface area (Å²) in [6.45, 7) is 2.45. The van der Waals surface area contributed by atoms with Crippen molar-refractivity contribution < 1.29 is 9.31 Å². The summed E-state index contributed by atoms with van der Waals surface area (Å²) in [5.41, 5.74) is -0.0866. The van der Waals surface area contributed by atoms with E-state index in [0.717, 1.165) is 0 Å². The van der Waals surface area contributed by atoms with Crippen LogP contribution in [0.25, 0.3) is 0 Å². The van der Waals surface area contributed by atoms with Crippen molar-refractivity contribution in [3.63, 3.8) is 0 Å². The zero-order valence-electron chi connectivity index (χ0n) is 11.8. The van der Waals surface area contributed by atoms with Crippen molar-refractivity contribution in [3.05, 3.63) is 39.7 Å². The van der Waals surface area contributed by atoms with Gasteiger partial charge in [0.25, 0.3) is 0 Å². The lowest BCUT2D eigenvalue weighted by Crippen LogP contribution is -2.34. The molecule has 0 unspecified atom stereocenters. The molecule has 0 spiro atoms. The van der Waals surface area contributed by atoms with E-state index in [0.29, 0.717) is 24.1 Å². The molecule has 1 fully saturated rings. The zero-order valence-corrected chi connectivity index (χ0v) is 11.8. The van der Waals surface area contributed by atoms with E-state index in [2.05, 4.69) is 12.2 Å². The summed E-state index contributed by atoms with van der Waals surface area (Å²) < 4.78 is 13.9. The van der Waals surface area contributed by atoms with E-state index in [1.807, 2.05) is 0 Å². The van der Waals surface area contributed by atoms with Gasteiger partial charge in [-0.3, -0.25) is 10.1 Å². The van der Waals surface area contributed by atoms with Gasteiger partial charge in [0, 0.05) is 24.2 Å². The molecule has 0 bridgehead atoms. The summed E-state index contributed by atoms with van der Waals surface area (Å²) in [5, 5.41) is 14.0. The van der Waals surface area contributed by atoms with Crippen molar-refractivity contribution in [2.45, 2.75) is 51.6 Å². The molecule has 0 heterocycles. The predicted molar refractivity (Wildman–Crippen MR) is 75.9 cm³/mol. The van der Waals surface area contributed by atoms with Gasteiger partial charge in [0.2, 0.25) is 5.82 Å². The van der Waals surface area contributed by atoms with Crippen LogP contribution in [0.2, 0.25) is 0 Å². The van der Waals surface area contributed by atoms with Gasteiger partial charge in [-0.1, -0.05) is 31.4 Å². The van der Waals surface area contributed by atoms with Crippen molar-refractivity contribution in [1.29, 1.82) is 0 Å². The maximum atomic E-state index is 13.9. The van der Waals surface area contributed by atoms with Crippen LogP contribution < -0.4 is 5.32 Å². The van der Waals surface area contributed by atoms with Crippen LogP contribution in [0.1, 0.15) is 44.6 Å². The highest BCUT2D eigenvalue weighted by Gasteiger charge is 2.21. The third kappa shape index (κ3) is 3.54. The minimum Gasteiger partial charge on any atom is -0.310 e. The van der Waals surface area contributed by atoms with Crippen molar-refractivity contribution in [2.75, 3.05) is 0 Å². The summed E-state index contributed by atoms with van der Waals surface area (Å²) in [7, 11) is 0.